The van der Waals surface area contributed by atoms with Gasteiger partial charge in [-0.15, -0.1) is 11.8 Å². The molecule has 158 valence electrons. The Morgan fingerprint density at radius 3 is 2.73 bits per heavy atom. The minimum Gasteiger partial charge on any atom is -0.497 e. The number of carbonyl (C=O) groups excluding carboxylic acids is 2. The average molecular weight is 426 g/mol. The Morgan fingerprint density at radius 1 is 1.27 bits per heavy atom. The molecule has 1 unspecified atom stereocenters. The summed E-state index contributed by atoms with van der Waals surface area (Å²) in [6.07, 6.45) is 0. The maximum atomic E-state index is 13.9. The number of nitrogens with zero attached hydrogens (tertiary/aromatic N) is 2. The van der Waals surface area contributed by atoms with Crippen LogP contribution >= 0.6 is 11.8 Å². The molecule has 2 aliphatic rings. The molecule has 1 N–H and O–H groups in total. The van der Waals surface area contributed by atoms with E-state index in [2.05, 4.69) is 5.32 Å². The van der Waals surface area contributed by atoms with E-state index in [1.165, 1.54) is 11.8 Å². The number of anilines is 1. The second-order valence-corrected chi connectivity index (χ2v) is 9.24. The molecule has 2 aromatic carbocycles. The molecule has 1 atom stereocenters. The fraction of sp³-hybridized carbons (Fsp3) is 0.391. The number of methoxy groups -OCH3 is 1. The van der Waals surface area contributed by atoms with Crippen molar-refractivity contribution in [1.82, 2.24) is 10.2 Å². The summed E-state index contributed by atoms with van der Waals surface area (Å²) in [4.78, 5) is 29.4. The van der Waals surface area contributed by atoms with E-state index >= 15 is 0 Å². The fourth-order valence-corrected chi connectivity index (χ4v) is 5.61. The molecule has 2 aromatic rings. The topological polar surface area (TPSA) is 61.9 Å². The number of ether oxygens (including phenoxy) is 1. The first-order valence-electron chi connectivity index (χ1n) is 10.2. The summed E-state index contributed by atoms with van der Waals surface area (Å²) in [5.74, 6) is 1.30. The summed E-state index contributed by atoms with van der Waals surface area (Å²) in [7, 11) is 1.61. The van der Waals surface area contributed by atoms with Gasteiger partial charge in [0.1, 0.15) is 5.75 Å². The fourth-order valence-electron chi connectivity index (χ4n) is 4.16. The molecular formula is C23H27N3O3S. The Kier molecular flexibility index (Phi) is 5.40. The Balaban J connectivity index is 1.81. The minimum absolute atomic E-state index is 0.00972. The van der Waals surface area contributed by atoms with Crippen LogP contribution in [-0.4, -0.2) is 42.3 Å². The molecule has 0 aromatic heterocycles. The first-order chi connectivity index (χ1) is 14.4. The van der Waals surface area contributed by atoms with Crippen LogP contribution in [0.4, 0.5) is 10.5 Å². The second kappa shape index (κ2) is 7.87. The van der Waals surface area contributed by atoms with E-state index in [-0.39, 0.29) is 18.0 Å². The maximum absolute atomic E-state index is 13.9. The number of urea groups is 1. The number of hydrogen-bond acceptors (Lipinski definition) is 4. The molecule has 0 radical (unpaired) electrons. The number of thioether (sulfide) groups is 1. The van der Waals surface area contributed by atoms with Crippen molar-refractivity contribution in [3.63, 3.8) is 0 Å². The predicted molar refractivity (Wildman–Crippen MR) is 120 cm³/mol. The van der Waals surface area contributed by atoms with Gasteiger partial charge < -0.3 is 15.0 Å². The monoisotopic (exact) mass is 425 g/mol. The number of aryl methyl sites for hydroxylation is 1. The third-order valence-corrected chi connectivity index (χ3v) is 7.07. The first kappa shape index (κ1) is 20.6. The molecule has 3 amide bonds. The molecule has 1 fully saturated rings. The summed E-state index contributed by atoms with van der Waals surface area (Å²) >= 11 is 1.52. The van der Waals surface area contributed by atoms with Crippen molar-refractivity contribution in [2.45, 2.75) is 38.2 Å². The van der Waals surface area contributed by atoms with Gasteiger partial charge in [-0.3, -0.25) is 9.69 Å². The van der Waals surface area contributed by atoms with Crippen molar-refractivity contribution >= 4 is 29.4 Å². The normalized spacial score (nSPS) is 20.2. The molecule has 2 heterocycles. The highest BCUT2D eigenvalue weighted by Crippen LogP contribution is 2.55. The molecule has 30 heavy (non-hydrogen) atoms. The highest BCUT2D eigenvalue weighted by atomic mass is 32.2. The van der Waals surface area contributed by atoms with Crippen LogP contribution < -0.4 is 15.0 Å². The molecule has 6 nitrogen and oxygen atoms in total. The quantitative estimate of drug-likeness (QED) is 0.808. The number of fused-ring (bicyclic) bond motifs is 2. The zero-order valence-electron chi connectivity index (χ0n) is 17.8. The van der Waals surface area contributed by atoms with Gasteiger partial charge in [0.25, 0.3) is 5.91 Å². The number of carbonyl (C=O) groups is 2. The molecule has 2 aliphatic heterocycles. The van der Waals surface area contributed by atoms with E-state index in [1.54, 1.807) is 12.0 Å². The summed E-state index contributed by atoms with van der Waals surface area (Å²) in [6, 6.07) is 13.5. The van der Waals surface area contributed by atoms with Crippen molar-refractivity contribution in [3.05, 3.63) is 59.2 Å². The number of nitrogens with one attached hydrogen (secondary N) is 1. The number of amides is 3. The van der Waals surface area contributed by atoms with Crippen LogP contribution in [0.2, 0.25) is 0 Å². The molecule has 0 bridgehead atoms. The van der Waals surface area contributed by atoms with Gasteiger partial charge in [0, 0.05) is 23.9 Å². The zero-order chi connectivity index (χ0) is 21.5. The van der Waals surface area contributed by atoms with Crippen molar-refractivity contribution in [1.29, 1.82) is 0 Å². The van der Waals surface area contributed by atoms with Gasteiger partial charge in [-0.25, -0.2) is 4.79 Å². The summed E-state index contributed by atoms with van der Waals surface area (Å²) in [5, 5.41) is 2.96. The Morgan fingerprint density at radius 2 is 2.03 bits per heavy atom. The number of hydrogen-bond donors (Lipinski definition) is 1. The van der Waals surface area contributed by atoms with Crippen molar-refractivity contribution in [2.75, 3.05) is 24.3 Å². The largest absolute Gasteiger partial charge is 0.497 e. The predicted octanol–water partition coefficient (Wildman–Crippen LogP) is 3.87. The lowest BCUT2D eigenvalue weighted by atomic mass is 10.1. The number of benzene rings is 2. The molecule has 4 rings (SSSR count). The van der Waals surface area contributed by atoms with Gasteiger partial charge >= 0.3 is 6.03 Å². The van der Waals surface area contributed by atoms with Crippen LogP contribution in [0.25, 0.3) is 0 Å². The van der Waals surface area contributed by atoms with Crippen LogP contribution in [0.3, 0.4) is 0 Å². The van der Waals surface area contributed by atoms with Gasteiger partial charge in [-0.2, -0.15) is 0 Å². The number of rotatable bonds is 4. The van der Waals surface area contributed by atoms with E-state index in [9.17, 15) is 9.59 Å². The standard InChI is InChI=1S/C23H27N3O3S/c1-15(2)24-22(28)26-11-12-30-23(26)19-13-18(29-4)9-10-20(19)25(21(23)27)14-17-8-6-5-7-16(17)3/h5-10,13,15H,11-12,14H2,1-4H3,(H,24,28). The Bertz CT molecular complexity index is 993. The van der Waals surface area contributed by atoms with E-state index in [0.717, 1.165) is 22.4 Å². The highest BCUT2D eigenvalue weighted by Gasteiger charge is 2.59. The molecule has 7 heteroatoms. The summed E-state index contributed by atoms with van der Waals surface area (Å²) in [6.45, 7) is 6.88. The lowest BCUT2D eigenvalue weighted by Gasteiger charge is -2.33. The molecule has 0 aliphatic carbocycles. The highest BCUT2D eigenvalue weighted by molar-refractivity contribution is 8.01. The lowest BCUT2D eigenvalue weighted by Crippen LogP contribution is -2.54. The molecular weight excluding hydrogens is 398 g/mol. The molecule has 1 spiro atoms. The average Bonchev–Trinajstić information content (AvgIpc) is 3.26. The molecule has 0 saturated carbocycles. The van der Waals surface area contributed by atoms with Crippen molar-refractivity contribution < 1.29 is 14.3 Å². The third-order valence-electron chi connectivity index (χ3n) is 5.65. The summed E-state index contributed by atoms with van der Waals surface area (Å²) in [5.41, 5.74) is 3.88. The first-order valence-corrected chi connectivity index (χ1v) is 11.1. The Labute approximate surface area is 181 Å². The van der Waals surface area contributed by atoms with Gasteiger partial charge in [0.15, 0.2) is 4.87 Å². The zero-order valence-corrected chi connectivity index (χ0v) is 18.6. The van der Waals surface area contributed by atoms with E-state index in [1.807, 2.05) is 68.1 Å². The van der Waals surface area contributed by atoms with Crippen LogP contribution in [0, 0.1) is 6.92 Å². The second-order valence-electron chi connectivity index (χ2n) is 7.95. The SMILES string of the molecule is COc1ccc2c(c1)C1(SCCN1C(=O)NC(C)C)C(=O)N2Cc1ccccc1C. The van der Waals surface area contributed by atoms with E-state index < -0.39 is 4.87 Å². The van der Waals surface area contributed by atoms with E-state index in [0.29, 0.717) is 24.6 Å². The van der Waals surface area contributed by atoms with Gasteiger partial charge in [0.2, 0.25) is 0 Å². The summed E-state index contributed by atoms with van der Waals surface area (Å²) < 4.78 is 5.45. The maximum Gasteiger partial charge on any atom is 0.319 e. The lowest BCUT2D eigenvalue weighted by molar-refractivity contribution is -0.123. The van der Waals surface area contributed by atoms with Gasteiger partial charge in [0.05, 0.1) is 19.3 Å². The van der Waals surface area contributed by atoms with Crippen LogP contribution in [0.5, 0.6) is 5.75 Å². The van der Waals surface area contributed by atoms with Crippen molar-refractivity contribution in [2.24, 2.45) is 0 Å². The van der Waals surface area contributed by atoms with Crippen LogP contribution in [0.15, 0.2) is 42.5 Å². The smallest absolute Gasteiger partial charge is 0.319 e. The van der Waals surface area contributed by atoms with Crippen LogP contribution in [0.1, 0.15) is 30.5 Å². The Hall–Kier alpha value is -2.67. The van der Waals surface area contributed by atoms with Gasteiger partial charge in [-0.1, -0.05) is 24.3 Å². The minimum atomic E-state index is -1.06. The van der Waals surface area contributed by atoms with Gasteiger partial charge in [-0.05, 0) is 50.1 Å². The van der Waals surface area contributed by atoms with Crippen LogP contribution in [-0.2, 0) is 16.2 Å². The molecule has 1 saturated heterocycles. The van der Waals surface area contributed by atoms with E-state index in [4.69, 9.17) is 4.74 Å². The van der Waals surface area contributed by atoms with Crippen molar-refractivity contribution in [3.8, 4) is 5.75 Å². The third kappa shape index (κ3) is 3.21.